The largest absolute Gasteiger partial charge is 0.481 e. The Labute approximate surface area is 198 Å². The molecule has 0 saturated carbocycles. The molecule has 0 spiro atoms. The molecule has 0 bridgehead atoms. The van der Waals surface area contributed by atoms with E-state index in [0.717, 1.165) is 0 Å². The summed E-state index contributed by atoms with van der Waals surface area (Å²) in [7, 11) is 0. The van der Waals surface area contributed by atoms with Crippen LogP contribution in [0.1, 0.15) is 59.8 Å². The second-order valence-corrected chi connectivity index (χ2v) is 8.67. The number of carboxylic acid groups (broad SMARTS) is 2. The Morgan fingerprint density at radius 1 is 0.853 bits per heavy atom. The van der Waals surface area contributed by atoms with Crippen molar-refractivity contribution < 1.29 is 39.0 Å². The lowest BCUT2D eigenvalue weighted by Crippen LogP contribution is -2.59. The second-order valence-electron chi connectivity index (χ2n) is 8.67. The molecular weight excluding hydrogens is 450 g/mol. The highest BCUT2D eigenvalue weighted by molar-refractivity contribution is 5.95. The maximum absolute atomic E-state index is 12.9. The highest BCUT2D eigenvalue weighted by atomic mass is 16.4. The van der Waals surface area contributed by atoms with Gasteiger partial charge in [-0.2, -0.15) is 0 Å². The maximum atomic E-state index is 12.9. The average molecular weight is 488 g/mol. The van der Waals surface area contributed by atoms with Crippen LogP contribution in [0, 0.1) is 11.8 Å². The van der Waals surface area contributed by atoms with E-state index in [1.54, 1.807) is 13.8 Å². The van der Waals surface area contributed by atoms with Crippen molar-refractivity contribution in [1.29, 1.82) is 0 Å². The van der Waals surface area contributed by atoms with Crippen LogP contribution in [0.25, 0.3) is 0 Å². The van der Waals surface area contributed by atoms with Crippen LogP contribution in [-0.2, 0) is 28.8 Å². The number of nitrogens with one attached hydrogen (secondary N) is 3. The van der Waals surface area contributed by atoms with E-state index in [4.69, 9.17) is 16.6 Å². The zero-order chi connectivity index (χ0) is 26.6. The van der Waals surface area contributed by atoms with Gasteiger partial charge in [0.05, 0.1) is 12.5 Å². The third-order valence-corrected chi connectivity index (χ3v) is 5.16. The number of primary amides is 1. The lowest BCUT2D eigenvalue weighted by atomic mass is 9.96. The quantitative estimate of drug-likeness (QED) is 0.137. The molecule has 5 atom stereocenters. The van der Waals surface area contributed by atoms with Crippen LogP contribution in [0.2, 0.25) is 0 Å². The Balaban J connectivity index is 5.63. The Bertz CT molecular complexity index is 757. The molecule has 34 heavy (non-hydrogen) atoms. The van der Waals surface area contributed by atoms with Crippen molar-refractivity contribution in [1.82, 2.24) is 16.0 Å². The van der Waals surface area contributed by atoms with Gasteiger partial charge in [0.2, 0.25) is 23.6 Å². The second kappa shape index (κ2) is 14.8. The summed E-state index contributed by atoms with van der Waals surface area (Å²) in [6.45, 7) is 7.10. The molecule has 5 unspecified atom stereocenters. The van der Waals surface area contributed by atoms with Gasteiger partial charge in [-0.3, -0.25) is 24.0 Å². The van der Waals surface area contributed by atoms with Crippen molar-refractivity contribution in [3.63, 3.8) is 0 Å². The van der Waals surface area contributed by atoms with Gasteiger partial charge in [-0.1, -0.05) is 34.1 Å². The summed E-state index contributed by atoms with van der Waals surface area (Å²) in [5.41, 5.74) is 10.9. The Kier molecular flexibility index (Phi) is 13.4. The number of hydrogen-bond acceptors (Lipinski definition) is 7. The predicted octanol–water partition coefficient (Wildman–Crippen LogP) is -1.31. The summed E-state index contributed by atoms with van der Waals surface area (Å²) in [5.74, 6) is -6.30. The van der Waals surface area contributed by atoms with Gasteiger partial charge in [0, 0.05) is 6.42 Å². The van der Waals surface area contributed by atoms with Gasteiger partial charge in [0.25, 0.3) is 0 Å². The first-order valence-electron chi connectivity index (χ1n) is 11.1. The van der Waals surface area contributed by atoms with Gasteiger partial charge in [0.1, 0.15) is 18.1 Å². The van der Waals surface area contributed by atoms with Crippen LogP contribution in [0.3, 0.4) is 0 Å². The highest BCUT2D eigenvalue weighted by Gasteiger charge is 2.33. The van der Waals surface area contributed by atoms with Crippen molar-refractivity contribution in [3.05, 3.63) is 0 Å². The van der Waals surface area contributed by atoms with Gasteiger partial charge in [0.15, 0.2) is 0 Å². The molecule has 0 aliphatic heterocycles. The molecule has 13 nitrogen and oxygen atoms in total. The molecule has 0 radical (unpaired) electrons. The van der Waals surface area contributed by atoms with Crippen molar-refractivity contribution in [2.45, 2.75) is 84.0 Å². The molecule has 0 rings (SSSR count). The predicted molar refractivity (Wildman–Crippen MR) is 121 cm³/mol. The van der Waals surface area contributed by atoms with Gasteiger partial charge in [-0.25, -0.2) is 4.79 Å². The number of carbonyl (C=O) groups excluding carboxylic acids is 4. The van der Waals surface area contributed by atoms with Crippen LogP contribution in [0.4, 0.5) is 0 Å². The van der Waals surface area contributed by atoms with E-state index in [-0.39, 0.29) is 12.3 Å². The summed E-state index contributed by atoms with van der Waals surface area (Å²) in [6.07, 6.45) is -0.578. The van der Waals surface area contributed by atoms with Crippen LogP contribution in [0.15, 0.2) is 0 Å². The topological polar surface area (TPSA) is 231 Å². The first-order valence-corrected chi connectivity index (χ1v) is 11.1. The van der Waals surface area contributed by atoms with E-state index < -0.39 is 78.5 Å². The number of rotatable bonds is 16. The molecule has 9 N–H and O–H groups in total. The van der Waals surface area contributed by atoms with E-state index in [1.807, 2.05) is 13.8 Å². The fourth-order valence-electron chi connectivity index (χ4n) is 3.05. The molecule has 0 fully saturated rings. The van der Waals surface area contributed by atoms with Crippen LogP contribution < -0.4 is 27.4 Å². The van der Waals surface area contributed by atoms with Gasteiger partial charge in [-0.05, 0) is 24.7 Å². The first kappa shape index (κ1) is 30.8. The average Bonchev–Trinajstić information content (AvgIpc) is 2.72. The number of carboxylic acids is 2. The molecule has 0 saturated heterocycles. The SMILES string of the molecule is CCC(C)C(NC(=O)C(CCC(=O)O)NC(=O)C(N)CC(C)C)C(=O)NC(CC(N)=O)C(=O)O. The zero-order valence-electron chi connectivity index (χ0n) is 20.0. The van der Waals surface area contributed by atoms with Gasteiger partial charge in [-0.15, -0.1) is 0 Å². The van der Waals surface area contributed by atoms with E-state index in [2.05, 4.69) is 16.0 Å². The summed E-state index contributed by atoms with van der Waals surface area (Å²) in [6, 6.07) is -5.02. The molecule has 0 aromatic rings. The lowest BCUT2D eigenvalue weighted by Gasteiger charge is -2.28. The lowest BCUT2D eigenvalue weighted by molar-refractivity contribution is -0.144. The van der Waals surface area contributed by atoms with E-state index >= 15 is 0 Å². The third kappa shape index (κ3) is 11.6. The maximum Gasteiger partial charge on any atom is 0.326 e. The standard InChI is InChI=1S/C21H37N5O8/c1-5-11(4)17(20(32)25-14(21(33)34)9-15(23)27)26-19(31)13(6-7-16(28)29)24-18(30)12(22)8-10(2)3/h10-14,17H,5-9,22H2,1-4H3,(H2,23,27)(H,24,30)(H,25,32)(H,26,31)(H,28,29)(H,33,34). The minimum absolute atomic E-state index is 0.105. The minimum Gasteiger partial charge on any atom is -0.481 e. The summed E-state index contributed by atoms with van der Waals surface area (Å²) >= 11 is 0. The fourth-order valence-corrected chi connectivity index (χ4v) is 3.05. The zero-order valence-corrected chi connectivity index (χ0v) is 20.0. The van der Waals surface area contributed by atoms with Gasteiger partial charge >= 0.3 is 11.9 Å². The number of aliphatic carboxylic acids is 2. The number of amides is 4. The molecule has 0 aliphatic rings. The summed E-state index contributed by atoms with van der Waals surface area (Å²) in [5, 5.41) is 25.3. The molecular formula is C21H37N5O8. The molecule has 0 heterocycles. The minimum atomic E-state index is -1.59. The molecule has 194 valence electrons. The number of carbonyl (C=O) groups is 6. The monoisotopic (exact) mass is 487 g/mol. The van der Waals surface area contributed by atoms with Crippen molar-refractivity contribution >= 4 is 35.6 Å². The first-order chi connectivity index (χ1) is 15.7. The van der Waals surface area contributed by atoms with E-state index in [9.17, 15) is 33.9 Å². The third-order valence-electron chi connectivity index (χ3n) is 5.16. The smallest absolute Gasteiger partial charge is 0.326 e. The molecule has 4 amide bonds. The Hall–Kier alpha value is -3.22. The van der Waals surface area contributed by atoms with Gasteiger partial charge < -0.3 is 37.6 Å². The number of nitrogens with two attached hydrogens (primary N) is 2. The Morgan fingerprint density at radius 2 is 1.41 bits per heavy atom. The van der Waals surface area contributed by atoms with Crippen LogP contribution >= 0.6 is 0 Å². The highest BCUT2D eigenvalue weighted by Crippen LogP contribution is 2.11. The number of hydrogen-bond donors (Lipinski definition) is 7. The normalized spacial score (nSPS) is 15.4. The van der Waals surface area contributed by atoms with Crippen LogP contribution in [-0.4, -0.2) is 69.9 Å². The molecule has 0 aliphatic carbocycles. The summed E-state index contributed by atoms with van der Waals surface area (Å²) < 4.78 is 0. The Morgan fingerprint density at radius 3 is 1.85 bits per heavy atom. The van der Waals surface area contributed by atoms with Crippen molar-refractivity contribution in [2.75, 3.05) is 0 Å². The molecule has 0 aromatic heterocycles. The van der Waals surface area contributed by atoms with Crippen molar-refractivity contribution in [3.8, 4) is 0 Å². The fraction of sp³-hybridized carbons (Fsp3) is 0.714. The van der Waals surface area contributed by atoms with Crippen molar-refractivity contribution in [2.24, 2.45) is 23.3 Å². The molecule has 0 aromatic carbocycles. The van der Waals surface area contributed by atoms with Crippen LogP contribution in [0.5, 0.6) is 0 Å². The van der Waals surface area contributed by atoms with E-state index in [1.165, 1.54) is 0 Å². The summed E-state index contributed by atoms with van der Waals surface area (Å²) in [4.78, 5) is 71.6. The van der Waals surface area contributed by atoms with E-state index in [0.29, 0.717) is 12.8 Å². The molecule has 13 heteroatoms.